The summed E-state index contributed by atoms with van der Waals surface area (Å²) in [6.45, 7) is 3.69. The number of benzene rings is 2. The molecule has 2 rings (SSSR count). The van der Waals surface area contributed by atoms with Crippen LogP contribution in [0.15, 0.2) is 30.3 Å². The summed E-state index contributed by atoms with van der Waals surface area (Å²) in [5.74, 6) is -0.312. The number of carbonyl (C=O) groups excluding carboxylic acids is 1. The summed E-state index contributed by atoms with van der Waals surface area (Å²) in [6.07, 6.45) is 0. The Morgan fingerprint density at radius 1 is 1.10 bits per heavy atom. The topological polar surface area (TPSA) is 55.1 Å². The van der Waals surface area contributed by atoms with Crippen LogP contribution in [0.5, 0.6) is 0 Å². The van der Waals surface area contributed by atoms with Gasteiger partial charge in [-0.3, -0.25) is 4.79 Å². The second-order valence-electron chi connectivity index (χ2n) is 4.57. The van der Waals surface area contributed by atoms with Gasteiger partial charge in [0.25, 0.3) is 5.91 Å². The van der Waals surface area contributed by atoms with Crippen molar-refractivity contribution < 1.29 is 4.79 Å². The molecule has 1 amide bonds. The highest BCUT2D eigenvalue weighted by Gasteiger charge is 2.13. The van der Waals surface area contributed by atoms with E-state index >= 15 is 0 Å². The van der Waals surface area contributed by atoms with E-state index < -0.39 is 0 Å². The Bertz CT molecular complexity index is 684. The van der Waals surface area contributed by atoms with Crippen molar-refractivity contribution >= 4 is 40.5 Å². The highest BCUT2D eigenvalue weighted by molar-refractivity contribution is 6.36. The SMILES string of the molecule is Cc1cc(Cl)c(NC(=O)c2cccc(C)c2N)cc1Cl. The molecule has 3 nitrogen and oxygen atoms in total. The molecule has 0 fully saturated rings. The Hall–Kier alpha value is -1.71. The molecule has 0 aliphatic carbocycles. The van der Waals surface area contributed by atoms with Crippen LogP contribution in [0.25, 0.3) is 0 Å². The molecule has 0 saturated carbocycles. The molecule has 104 valence electrons. The normalized spacial score (nSPS) is 10.4. The van der Waals surface area contributed by atoms with Gasteiger partial charge < -0.3 is 11.1 Å². The second kappa shape index (κ2) is 5.73. The van der Waals surface area contributed by atoms with Gasteiger partial charge >= 0.3 is 0 Å². The third-order valence-electron chi connectivity index (χ3n) is 3.07. The molecule has 0 aliphatic heterocycles. The Kier molecular flexibility index (Phi) is 4.21. The van der Waals surface area contributed by atoms with Crippen LogP contribution in [0.1, 0.15) is 21.5 Å². The van der Waals surface area contributed by atoms with Gasteiger partial charge in [0, 0.05) is 10.7 Å². The Morgan fingerprint density at radius 3 is 2.50 bits per heavy atom. The number of nitrogens with one attached hydrogen (secondary N) is 1. The molecular weight excluding hydrogens is 295 g/mol. The van der Waals surface area contributed by atoms with Crippen LogP contribution in [0.3, 0.4) is 0 Å². The summed E-state index contributed by atoms with van der Waals surface area (Å²) in [6, 6.07) is 8.63. The van der Waals surface area contributed by atoms with Crippen LogP contribution in [0, 0.1) is 13.8 Å². The fraction of sp³-hybridized carbons (Fsp3) is 0.133. The van der Waals surface area contributed by atoms with Crippen molar-refractivity contribution in [2.45, 2.75) is 13.8 Å². The predicted molar refractivity (Wildman–Crippen MR) is 84.7 cm³/mol. The van der Waals surface area contributed by atoms with Gasteiger partial charge in [-0.05, 0) is 43.2 Å². The first-order chi connectivity index (χ1) is 9.40. The van der Waals surface area contributed by atoms with E-state index in [2.05, 4.69) is 5.32 Å². The van der Waals surface area contributed by atoms with E-state index in [0.29, 0.717) is 27.0 Å². The lowest BCUT2D eigenvalue weighted by molar-refractivity contribution is 0.102. The molecule has 0 heterocycles. The standard InChI is InChI=1S/C15H14Cl2N2O/c1-8-4-3-5-10(14(8)18)15(20)19-13-7-11(16)9(2)6-12(13)17/h3-7H,18H2,1-2H3,(H,19,20). The van der Waals surface area contributed by atoms with Crippen LogP contribution in [0.2, 0.25) is 10.0 Å². The van der Waals surface area contributed by atoms with Gasteiger partial charge in [-0.1, -0.05) is 35.3 Å². The van der Waals surface area contributed by atoms with Crippen molar-refractivity contribution in [3.8, 4) is 0 Å². The molecule has 2 aromatic carbocycles. The molecule has 5 heteroatoms. The van der Waals surface area contributed by atoms with Gasteiger partial charge in [-0.2, -0.15) is 0 Å². The quantitative estimate of drug-likeness (QED) is 0.806. The highest BCUT2D eigenvalue weighted by Crippen LogP contribution is 2.29. The molecule has 0 aliphatic rings. The zero-order valence-electron chi connectivity index (χ0n) is 11.1. The maximum absolute atomic E-state index is 12.2. The second-order valence-corrected chi connectivity index (χ2v) is 5.39. The molecular formula is C15H14Cl2N2O. The van der Waals surface area contributed by atoms with Gasteiger partial charge in [0.15, 0.2) is 0 Å². The number of rotatable bonds is 2. The number of anilines is 2. The minimum atomic E-state index is -0.312. The summed E-state index contributed by atoms with van der Waals surface area (Å²) < 4.78 is 0. The zero-order valence-corrected chi connectivity index (χ0v) is 12.6. The molecule has 0 atom stereocenters. The lowest BCUT2D eigenvalue weighted by Gasteiger charge is -2.11. The molecule has 0 spiro atoms. The number of hydrogen-bond donors (Lipinski definition) is 2. The molecule has 0 unspecified atom stereocenters. The first-order valence-electron chi connectivity index (χ1n) is 6.02. The van der Waals surface area contributed by atoms with Crippen molar-refractivity contribution in [1.29, 1.82) is 0 Å². The smallest absolute Gasteiger partial charge is 0.257 e. The Labute approximate surface area is 127 Å². The highest BCUT2D eigenvalue weighted by atomic mass is 35.5. The number of carbonyl (C=O) groups is 1. The van der Waals surface area contributed by atoms with E-state index in [1.165, 1.54) is 0 Å². The Morgan fingerprint density at radius 2 is 1.80 bits per heavy atom. The fourth-order valence-electron chi connectivity index (χ4n) is 1.81. The third kappa shape index (κ3) is 2.89. The number of halogens is 2. The van der Waals surface area contributed by atoms with E-state index in [9.17, 15) is 4.79 Å². The van der Waals surface area contributed by atoms with Crippen LogP contribution < -0.4 is 11.1 Å². The summed E-state index contributed by atoms with van der Waals surface area (Å²) in [5.41, 5.74) is 8.95. The van der Waals surface area contributed by atoms with Crippen LogP contribution in [-0.2, 0) is 0 Å². The largest absolute Gasteiger partial charge is 0.398 e. The monoisotopic (exact) mass is 308 g/mol. The van der Waals surface area contributed by atoms with E-state index in [1.807, 2.05) is 19.9 Å². The summed E-state index contributed by atoms with van der Waals surface area (Å²) in [7, 11) is 0. The Balaban J connectivity index is 2.33. The summed E-state index contributed by atoms with van der Waals surface area (Å²) in [4.78, 5) is 12.2. The molecule has 0 bridgehead atoms. The molecule has 0 saturated heterocycles. The fourth-order valence-corrected chi connectivity index (χ4v) is 2.24. The van der Waals surface area contributed by atoms with Gasteiger partial charge in [-0.25, -0.2) is 0 Å². The number of nitrogen functional groups attached to an aromatic ring is 1. The number of aryl methyl sites for hydroxylation is 2. The van der Waals surface area contributed by atoms with Gasteiger partial charge in [0.05, 0.1) is 16.3 Å². The van der Waals surface area contributed by atoms with E-state index in [4.69, 9.17) is 28.9 Å². The van der Waals surface area contributed by atoms with Gasteiger partial charge in [-0.15, -0.1) is 0 Å². The van der Waals surface area contributed by atoms with Crippen LogP contribution in [-0.4, -0.2) is 5.91 Å². The first-order valence-corrected chi connectivity index (χ1v) is 6.78. The lowest BCUT2D eigenvalue weighted by atomic mass is 10.1. The van der Waals surface area contributed by atoms with Crippen LogP contribution >= 0.6 is 23.2 Å². The maximum atomic E-state index is 12.2. The average Bonchev–Trinajstić information content (AvgIpc) is 2.39. The molecule has 3 N–H and O–H groups in total. The predicted octanol–water partition coefficient (Wildman–Crippen LogP) is 4.44. The zero-order chi connectivity index (χ0) is 14.9. The lowest BCUT2D eigenvalue weighted by Crippen LogP contribution is -2.15. The van der Waals surface area contributed by atoms with Gasteiger partial charge in [0.1, 0.15) is 0 Å². The van der Waals surface area contributed by atoms with E-state index in [0.717, 1.165) is 11.1 Å². The molecule has 20 heavy (non-hydrogen) atoms. The third-order valence-corrected chi connectivity index (χ3v) is 3.79. The minimum absolute atomic E-state index is 0.312. The van der Waals surface area contributed by atoms with Crippen molar-refractivity contribution in [3.63, 3.8) is 0 Å². The van der Waals surface area contributed by atoms with Gasteiger partial charge in [0.2, 0.25) is 0 Å². The van der Waals surface area contributed by atoms with Crippen molar-refractivity contribution in [2.24, 2.45) is 0 Å². The number of hydrogen-bond acceptors (Lipinski definition) is 2. The van der Waals surface area contributed by atoms with Crippen molar-refractivity contribution in [3.05, 3.63) is 57.1 Å². The number of amides is 1. The molecule has 2 aromatic rings. The summed E-state index contributed by atoms with van der Waals surface area (Å²) >= 11 is 12.1. The van der Waals surface area contributed by atoms with E-state index in [-0.39, 0.29) is 5.91 Å². The van der Waals surface area contributed by atoms with Crippen LogP contribution in [0.4, 0.5) is 11.4 Å². The van der Waals surface area contributed by atoms with E-state index in [1.54, 1.807) is 24.3 Å². The minimum Gasteiger partial charge on any atom is -0.398 e. The number of para-hydroxylation sites is 1. The van der Waals surface area contributed by atoms with Crippen molar-refractivity contribution in [1.82, 2.24) is 0 Å². The van der Waals surface area contributed by atoms with Crippen molar-refractivity contribution in [2.75, 3.05) is 11.1 Å². The number of nitrogens with two attached hydrogens (primary N) is 1. The molecule has 0 radical (unpaired) electrons. The molecule has 0 aromatic heterocycles. The maximum Gasteiger partial charge on any atom is 0.257 e. The average molecular weight is 309 g/mol. The summed E-state index contributed by atoms with van der Waals surface area (Å²) in [5, 5.41) is 3.71. The first kappa shape index (κ1) is 14.7.